The molecule has 2 aromatic carbocycles. The topological polar surface area (TPSA) is 41.1 Å². The Hall–Kier alpha value is -2.27. The van der Waals surface area contributed by atoms with Crippen LogP contribution in [0.5, 0.6) is 0 Å². The Balaban J connectivity index is 1.74. The van der Waals surface area contributed by atoms with E-state index in [1.54, 1.807) is 18.2 Å². The molecule has 126 valence electrons. The van der Waals surface area contributed by atoms with E-state index in [2.05, 4.69) is 17.6 Å². The molecule has 3 nitrogen and oxygen atoms in total. The van der Waals surface area contributed by atoms with Crippen LogP contribution in [-0.2, 0) is 0 Å². The molecule has 3 rings (SSSR count). The molecule has 2 aromatic rings. The van der Waals surface area contributed by atoms with Crippen molar-refractivity contribution in [1.29, 1.82) is 0 Å². The zero-order valence-corrected chi connectivity index (χ0v) is 13.5. The van der Waals surface area contributed by atoms with Crippen LogP contribution in [0.2, 0.25) is 0 Å². The third-order valence-electron chi connectivity index (χ3n) is 4.35. The van der Waals surface area contributed by atoms with Crippen molar-refractivity contribution in [2.24, 2.45) is 0 Å². The number of carbonyl (C=O) groups is 1. The number of hydrogen-bond donors (Lipinski definition) is 2. The molecule has 2 atom stereocenters. The monoisotopic (exact) mass is 330 g/mol. The van der Waals surface area contributed by atoms with Crippen molar-refractivity contribution >= 4 is 5.91 Å². The van der Waals surface area contributed by atoms with Crippen molar-refractivity contribution in [1.82, 2.24) is 10.6 Å². The van der Waals surface area contributed by atoms with Gasteiger partial charge in [0.25, 0.3) is 5.91 Å². The average molecular weight is 330 g/mol. The van der Waals surface area contributed by atoms with E-state index in [-0.39, 0.29) is 17.4 Å². The maximum atomic E-state index is 14.3. The Bertz CT molecular complexity index is 731. The van der Waals surface area contributed by atoms with Gasteiger partial charge in [-0.3, -0.25) is 4.79 Å². The molecule has 0 aromatic heterocycles. The van der Waals surface area contributed by atoms with Gasteiger partial charge in [-0.1, -0.05) is 18.2 Å². The quantitative estimate of drug-likeness (QED) is 0.904. The molecular weight excluding hydrogens is 310 g/mol. The third kappa shape index (κ3) is 3.79. The van der Waals surface area contributed by atoms with E-state index in [0.29, 0.717) is 17.2 Å². The van der Waals surface area contributed by atoms with E-state index in [9.17, 15) is 13.6 Å². The summed E-state index contributed by atoms with van der Waals surface area (Å²) < 4.78 is 27.3. The van der Waals surface area contributed by atoms with Crippen molar-refractivity contribution in [2.75, 3.05) is 6.54 Å². The summed E-state index contributed by atoms with van der Waals surface area (Å²) in [6.45, 7) is 2.91. The molecule has 24 heavy (non-hydrogen) atoms. The molecule has 1 saturated heterocycles. The van der Waals surface area contributed by atoms with E-state index in [0.717, 1.165) is 19.4 Å². The van der Waals surface area contributed by atoms with Crippen molar-refractivity contribution in [3.05, 3.63) is 59.7 Å². The number of carbonyl (C=O) groups excluding carboxylic acids is 1. The molecule has 1 aliphatic rings. The number of nitrogens with one attached hydrogen (secondary N) is 2. The smallest absolute Gasteiger partial charge is 0.254 e. The second-order valence-electron chi connectivity index (χ2n) is 6.25. The van der Waals surface area contributed by atoms with Gasteiger partial charge in [-0.15, -0.1) is 0 Å². The van der Waals surface area contributed by atoms with Crippen molar-refractivity contribution in [2.45, 2.75) is 31.8 Å². The minimum Gasteiger partial charge on any atom is -0.349 e. The molecule has 5 heteroatoms. The summed E-state index contributed by atoms with van der Waals surface area (Å²) in [6.07, 6.45) is 1.67. The molecule has 2 unspecified atom stereocenters. The predicted octanol–water partition coefficient (Wildman–Crippen LogP) is 3.50. The zero-order chi connectivity index (χ0) is 17.1. The number of amides is 1. The highest BCUT2D eigenvalue weighted by Gasteiger charge is 2.22. The molecule has 1 aliphatic heterocycles. The third-order valence-corrected chi connectivity index (χ3v) is 4.35. The fourth-order valence-electron chi connectivity index (χ4n) is 3.05. The average Bonchev–Trinajstić information content (AvgIpc) is 2.55. The molecular formula is C19H20F2N2O. The second kappa shape index (κ2) is 7.09. The molecule has 0 saturated carbocycles. The minimum absolute atomic E-state index is 0.0343. The van der Waals surface area contributed by atoms with Crippen LogP contribution in [0.3, 0.4) is 0 Å². The van der Waals surface area contributed by atoms with Gasteiger partial charge in [0.2, 0.25) is 0 Å². The van der Waals surface area contributed by atoms with Crippen LogP contribution >= 0.6 is 0 Å². The first-order chi connectivity index (χ1) is 11.5. The van der Waals surface area contributed by atoms with E-state index in [1.165, 1.54) is 24.3 Å². The fourth-order valence-corrected chi connectivity index (χ4v) is 3.05. The Morgan fingerprint density at radius 2 is 1.83 bits per heavy atom. The van der Waals surface area contributed by atoms with E-state index in [1.807, 2.05) is 0 Å². The van der Waals surface area contributed by atoms with Gasteiger partial charge in [0.05, 0.1) is 5.56 Å². The van der Waals surface area contributed by atoms with Gasteiger partial charge < -0.3 is 10.6 Å². The second-order valence-corrected chi connectivity index (χ2v) is 6.25. The first-order valence-electron chi connectivity index (χ1n) is 8.12. The van der Waals surface area contributed by atoms with Gasteiger partial charge in [-0.2, -0.15) is 0 Å². The van der Waals surface area contributed by atoms with Crippen molar-refractivity contribution in [3.63, 3.8) is 0 Å². The summed E-state index contributed by atoms with van der Waals surface area (Å²) in [6, 6.07) is 10.7. The maximum Gasteiger partial charge on any atom is 0.254 e. The standard InChI is InChI=1S/C19H20F2N2O/c1-12-10-16(8-9-22-12)23-19(24)17-7-4-14(11-18(17)21)13-2-5-15(20)6-3-13/h2-7,11-12,16,22H,8-10H2,1H3,(H,23,24). The first kappa shape index (κ1) is 16.6. The summed E-state index contributed by atoms with van der Waals surface area (Å²) in [5.41, 5.74) is 1.35. The van der Waals surface area contributed by atoms with E-state index < -0.39 is 11.7 Å². The predicted molar refractivity (Wildman–Crippen MR) is 89.7 cm³/mol. The van der Waals surface area contributed by atoms with E-state index in [4.69, 9.17) is 0 Å². The Morgan fingerprint density at radius 3 is 2.50 bits per heavy atom. The largest absolute Gasteiger partial charge is 0.349 e. The normalized spacial score (nSPS) is 20.6. The highest BCUT2D eigenvalue weighted by Crippen LogP contribution is 2.22. The lowest BCUT2D eigenvalue weighted by molar-refractivity contribution is 0.0921. The van der Waals surface area contributed by atoms with Crippen molar-refractivity contribution in [3.8, 4) is 11.1 Å². The molecule has 1 heterocycles. The summed E-state index contributed by atoms with van der Waals surface area (Å²) in [4.78, 5) is 12.3. The lowest BCUT2D eigenvalue weighted by Crippen LogP contribution is -2.46. The molecule has 0 radical (unpaired) electrons. The van der Waals surface area contributed by atoms with Gasteiger partial charge >= 0.3 is 0 Å². The summed E-state index contributed by atoms with van der Waals surface area (Å²) in [7, 11) is 0. The number of rotatable bonds is 3. The number of piperidine rings is 1. The van der Waals surface area contributed by atoms with Gasteiger partial charge in [-0.05, 0) is 61.7 Å². The Morgan fingerprint density at radius 1 is 1.12 bits per heavy atom. The Kier molecular flexibility index (Phi) is 4.90. The summed E-state index contributed by atoms with van der Waals surface area (Å²) >= 11 is 0. The first-order valence-corrected chi connectivity index (χ1v) is 8.12. The highest BCUT2D eigenvalue weighted by molar-refractivity contribution is 5.95. The SMILES string of the molecule is CC1CC(NC(=O)c2ccc(-c3ccc(F)cc3)cc2F)CCN1. The molecule has 1 amide bonds. The van der Waals surface area contributed by atoms with Gasteiger partial charge in [0, 0.05) is 12.1 Å². The van der Waals surface area contributed by atoms with Crippen molar-refractivity contribution < 1.29 is 13.6 Å². The van der Waals surface area contributed by atoms with Crippen LogP contribution in [0.4, 0.5) is 8.78 Å². The van der Waals surface area contributed by atoms with Crippen LogP contribution in [0.1, 0.15) is 30.1 Å². The molecule has 2 N–H and O–H groups in total. The maximum absolute atomic E-state index is 14.3. The van der Waals surface area contributed by atoms with Crippen LogP contribution in [0.25, 0.3) is 11.1 Å². The lowest BCUT2D eigenvalue weighted by atomic mass is 9.99. The molecule has 0 aliphatic carbocycles. The highest BCUT2D eigenvalue weighted by atomic mass is 19.1. The van der Waals surface area contributed by atoms with E-state index >= 15 is 0 Å². The van der Waals surface area contributed by atoms with Crippen LogP contribution in [0, 0.1) is 11.6 Å². The van der Waals surface area contributed by atoms with Gasteiger partial charge in [0.15, 0.2) is 0 Å². The fraction of sp³-hybridized carbons (Fsp3) is 0.316. The lowest BCUT2D eigenvalue weighted by Gasteiger charge is -2.28. The molecule has 0 bridgehead atoms. The molecule has 1 fully saturated rings. The van der Waals surface area contributed by atoms with Crippen LogP contribution < -0.4 is 10.6 Å². The van der Waals surface area contributed by atoms with Crippen LogP contribution in [0.15, 0.2) is 42.5 Å². The van der Waals surface area contributed by atoms with Gasteiger partial charge in [0.1, 0.15) is 11.6 Å². The number of hydrogen-bond acceptors (Lipinski definition) is 2. The van der Waals surface area contributed by atoms with Gasteiger partial charge in [-0.25, -0.2) is 8.78 Å². The minimum atomic E-state index is -0.573. The zero-order valence-electron chi connectivity index (χ0n) is 13.5. The number of halogens is 2. The summed E-state index contributed by atoms with van der Waals surface area (Å²) in [5, 5.41) is 6.22. The van der Waals surface area contributed by atoms with Crippen LogP contribution in [-0.4, -0.2) is 24.5 Å². The Labute approximate surface area is 140 Å². The number of benzene rings is 2. The summed E-state index contributed by atoms with van der Waals surface area (Å²) in [5.74, 6) is -1.31. The molecule has 0 spiro atoms.